The zero-order valence-electron chi connectivity index (χ0n) is 10.5. The molecule has 1 aromatic heterocycles. The molecule has 0 aliphatic heterocycles. The van der Waals surface area contributed by atoms with Crippen molar-refractivity contribution in [1.29, 1.82) is 0 Å². The molecule has 0 unspecified atom stereocenters. The fourth-order valence-electron chi connectivity index (χ4n) is 1.69. The van der Waals surface area contributed by atoms with Gasteiger partial charge in [0.1, 0.15) is 5.82 Å². The summed E-state index contributed by atoms with van der Waals surface area (Å²) in [4.78, 5) is 1.04. The molecule has 0 radical (unpaired) electrons. The average molecular weight is 315 g/mol. The summed E-state index contributed by atoms with van der Waals surface area (Å²) >= 11 is 1.56. The van der Waals surface area contributed by atoms with Crippen molar-refractivity contribution in [2.45, 2.75) is 17.9 Å². The second-order valence-corrected chi connectivity index (χ2v) is 6.94. The van der Waals surface area contributed by atoms with Gasteiger partial charge in [0, 0.05) is 17.0 Å². The quantitative estimate of drug-likeness (QED) is 0.855. The minimum atomic E-state index is -3.69. The van der Waals surface area contributed by atoms with Crippen LogP contribution in [0.15, 0.2) is 40.6 Å². The molecule has 1 heterocycles. The number of nitrogens with one attached hydrogen (secondary N) is 1. The predicted octanol–water partition coefficient (Wildman–Crippen LogP) is 1.90. The van der Waals surface area contributed by atoms with E-state index < -0.39 is 22.4 Å². The van der Waals surface area contributed by atoms with Gasteiger partial charge < -0.3 is 5.11 Å². The number of benzene rings is 1. The van der Waals surface area contributed by atoms with Gasteiger partial charge in [0.05, 0.1) is 11.5 Å². The Bertz CT molecular complexity index is 669. The topological polar surface area (TPSA) is 66.4 Å². The highest BCUT2D eigenvalue weighted by Gasteiger charge is 2.15. The first kappa shape index (κ1) is 15.1. The SMILES string of the molecule is O=S(=O)(NCCc1cccs1)c1ccc(F)c(CO)c1. The second-order valence-electron chi connectivity index (χ2n) is 4.14. The first-order chi connectivity index (χ1) is 9.53. The Labute approximate surface area is 120 Å². The molecule has 0 aliphatic carbocycles. The monoisotopic (exact) mass is 315 g/mol. The molecule has 1 aromatic carbocycles. The average Bonchev–Trinajstić information content (AvgIpc) is 2.92. The van der Waals surface area contributed by atoms with Crippen LogP contribution in [0.4, 0.5) is 4.39 Å². The van der Waals surface area contributed by atoms with Gasteiger partial charge in [0.25, 0.3) is 0 Å². The van der Waals surface area contributed by atoms with Crippen molar-refractivity contribution >= 4 is 21.4 Å². The maximum Gasteiger partial charge on any atom is 0.240 e. The highest BCUT2D eigenvalue weighted by atomic mass is 32.2. The summed E-state index contributed by atoms with van der Waals surface area (Å²) in [6.07, 6.45) is 0.602. The molecule has 4 nitrogen and oxygen atoms in total. The number of thiophene rings is 1. The predicted molar refractivity (Wildman–Crippen MR) is 75.5 cm³/mol. The summed E-state index contributed by atoms with van der Waals surface area (Å²) in [5.41, 5.74) is -0.0360. The van der Waals surface area contributed by atoms with Crippen molar-refractivity contribution in [3.05, 3.63) is 52.0 Å². The molecule has 0 bridgehead atoms. The molecule has 0 saturated carbocycles. The zero-order valence-corrected chi connectivity index (χ0v) is 12.2. The Balaban J connectivity index is 2.06. The zero-order chi connectivity index (χ0) is 14.6. The van der Waals surface area contributed by atoms with Crippen molar-refractivity contribution < 1.29 is 17.9 Å². The van der Waals surface area contributed by atoms with E-state index in [9.17, 15) is 12.8 Å². The number of aliphatic hydroxyl groups excluding tert-OH is 1. The molecule has 0 atom stereocenters. The van der Waals surface area contributed by atoms with Gasteiger partial charge in [-0.3, -0.25) is 0 Å². The molecule has 2 rings (SSSR count). The molecule has 7 heteroatoms. The van der Waals surface area contributed by atoms with Crippen molar-refractivity contribution in [2.75, 3.05) is 6.54 Å². The van der Waals surface area contributed by atoms with Crippen molar-refractivity contribution in [1.82, 2.24) is 4.72 Å². The standard InChI is InChI=1S/C13H14FNO3S2/c14-13-4-3-12(8-10(13)9-16)20(17,18)15-6-5-11-2-1-7-19-11/h1-4,7-8,15-16H,5-6,9H2. The fraction of sp³-hybridized carbons (Fsp3) is 0.231. The lowest BCUT2D eigenvalue weighted by molar-refractivity contribution is 0.275. The maximum absolute atomic E-state index is 13.2. The molecular weight excluding hydrogens is 301 g/mol. The summed E-state index contributed by atoms with van der Waals surface area (Å²) in [5.74, 6) is -0.620. The highest BCUT2D eigenvalue weighted by Crippen LogP contribution is 2.15. The molecule has 2 aromatic rings. The summed E-state index contributed by atoms with van der Waals surface area (Å²) in [6, 6.07) is 7.20. The molecule has 2 N–H and O–H groups in total. The van der Waals surface area contributed by atoms with E-state index in [-0.39, 0.29) is 17.0 Å². The summed E-state index contributed by atoms with van der Waals surface area (Å²) < 4.78 is 39.7. The molecule has 108 valence electrons. The Morgan fingerprint density at radius 3 is 2.75 bits per heavy atom. The molecule has 0 spiro atoms. The van der Waals surface area contributed by atoms with Gasteiger partial charge in [-0.2, -0.15) is 0 Å². The van der Waals surface area contributed by atoms with Crippen LogP contribution >= 0.6 is 11.3 Å². The molecule has 0 saturated heterocycles. The van der Waals surface area contributed by atoms with Gasteiger partial charge in [0.15, 0.2) is 0 Å². The minimum absolute atomic E-state index is 0.0360. The van der Waals surface area contributed by atoms with E-state index in [1.807, 2.05) is 17.5 Å². The first-order valence-corrected chi connectivity index (χ1v) is 8.30. The number of halogens is 1. The molecule has 0 aliphatic rings. The first-order valence-electron chi connectivity index (χ1n) is 5.94. The fourth-order valence-corrected chi connectivity index (χ4v) is 3.48. The van der Waals surface area contributed by atoms with Crippen molar-refractivity contribution in [3.8, 4) is 0 Å². The van der Waals surface area contributed by atoms with Gasteiger partial charge in [-0.15, -0.1) is 11.3 Å². The van der Waals surface area contributed by atoms with E-state index in [0.29, 0.717) is 6.42 Å². The third-order valence-electron chi connectivity index (χ3n) is 2.74. The molecule has 0 amide bonds. The lowest BCUT2D eigenvalue weighted by Crippen LogP contribution is -2.26. The second kappa shape index (κ2) is 6.45. The Morgan fingerprint density at radius 1 is 1.30 bits per heavy atom. The summed E-state index contributed by atoms with van der Waals surface area (Å²) in [7, 11) is -3.69. The number of hydrogen-bond acceptors (Lipinski definition) is 4. The largest absolute Gasteiger partial charge is 0.392 e. The van der Waals surface area contributed by atoms with E-state index in [1.165, 1.54) is 6.07 Å². The van der Waals surface area contributed by atoms with Gasteiger partial charge in [-0.05, 0) is 36.1 Å². The van der Waals surface area contributed by atoms with Gasteiger partial charge in [-0.1, -0.05) is 6.07 Å². The van der Waals surface area contributed by atoms with Crippen LogP contribution in [-0.2, 0) is 23.1 Å². The Morgan fingerprint density at radius 2 is 2.10 bits per heavy atom. The van der Waals surface area contributed by atoms with Crippen LogP contribution in [0.1, 0.15) is 10.4 Å². The van der Waals surface area contributed by atoms with Gasteiger partial charge in [0.2, 0.25) is 10.0 Å². The van der Waals surface area contributed by atoms with Crippen LogP contribution < -0.4 is 4.72 Å². The van der Waals surface area contributed by atoms with E-state index in [1.54, 1.807) is 11.3 Å². The van der Waals surface area contributed by atoms with Crippen LogP contribution in [-0.4, -0.2) is 20.1 Å². The Hall–Kier alpha value is -1.28. The van der Waals surface area contributed by atoms with Crippen LogP contribution in [0.25, 0.3) is 0 Å². The highest BCUT2D eigenvalue weighted by molar-refractivity contribution is 7.89. The van der Waals surface area contributed by atoms with E-state index in [2.05, 4.69) is 4.72 Å². The van der Waals surface area contributed by atoms with Crippen LogP contribution in [0.5, 0.6) is 0 Å². The van der Waals surface area contributed by atoms with Crippen LogP contribution in [0.2, 0.25) is 0 Å². The number of rotatable bonds is 6. The smallest absolute Gasteiger partial charge is 0.240 e. The summed E-state index contributed by atoms with van der Waals surface area (Å²) in [6.45, 7) is -0.265. The Kier molecular flexibility index (Phi) is 4.87. The van der Waals surface area contributed by atoms with Gasteiger partial charge in [-0.25, -0.2) is 17.5 Å². The van der Waals surface area contributed by atoms with E-state index >= 15 is 0 Å². The number of sulfonamides is 1. The van der Waals surface area contributed by atoms with Crippen LogP contribution in [0, 0.1) is 5.82 Å². The van der Waals surface area contributed by atoms with E-state index in [4.69, 9.17) is 5.11 Å². The van der Waals surface area contributed by atoms with Gasteiger partial charge >= 0.3 is 0 Å². The molecule has 20 heavy (non-hydrogen) atoms. The lowest BCUT2D eigenvalue weighted by atomic mass is 10.2. The number of aliphatic hydroxyl groups is 1. The molecular formula is C13H14FNO3S2. The van der Waals surface area contributed by atoms with Crippen molar-refractivity contribution in [3.63, 3.8) is 0 Å². The number of hydrogen-bond donors (Lipinski definition) is 2. The lowest BCUT2D eigenvalue weighted by Gasteiger charge is -2.08. The van der Waals surface area contributed by atoms with Crippen molar-refractivity contribution in [2.24, 2.45) is 0 Å². The molecule has 0 fully saturated rings. The van der Waals surface area contributed by atoms with E-state index in [0.717, 1.165) is 17.0 Å². The maximum atomic E-state index is 13.2. The third kappa shape index (κ3) is 3.63. The van der Waals surface area contributed by atoms with Crippen LogP contribution in [0.3, 0.4) is 0 Å². The third-order valence-corrected chi connectivity index (χ3v) is 5.14. The summed E-state index contributed by atoms with van der Waals surface area (Å²) in [5, 5.41) is 10.9. The minimum Gasteiger partial charge on any atom is -0.392 e. The normalized spacial score (nSPS) is 11.7.